The van der Waals surface area contributed by atoms with Gasteiger partial charge in [-0.25, -0.2) is 19.1 Å². The summed E-state index contributed by atoms with van der Waals surface area (Å²) in [5.74, 6) is 0.847. The van der Waals surface area contributed by atoms with Crippen LogP contribution in [-0.2, 0) is 24.4 Å². The van der Waals surface area contributed by atoms with Gasteiger partial charge in [0.15, 0.2) is 29.2 Å². The van der Waals surface area contributed by atoms with E-state index in [1.165, 1.54) is 6.20 Å². The second-order valence-corrected chi connectivity index (χ2v) is 7.79. The minimum absolute atomic E-state index is 0.0121. The molecule has 3 aromatic rings. The fourth-order valence-electron chi connectivity index (χ4n) is 3.67. The minimum Gasteiger partial charge on any atom is -0.484 e. The summed E-state index contributed by atoms with van der Waals surface area (Å²) in [7, 11) is 1.82. The number of carbonyl (C=O) groups excluding carboxylic acids is 2. The SMILES string of the molecule is CCn1c(CNC(=O)c2nc(Cl)cnc2N)[n+](CC)c2ccc(OCC(=O)NCCNC)cc21. The summed E-state index contributed by atoms with van der Waals surface area (Å²) in [6, 6.07) is 5.68. The minimum atomic E-state index is -0.462. The first-order valence-corrected chi connectivity index (χ1v) is 11.4. The third-order valence-electron chi connectivity index (χ3n) is 5.24. The van der Waals surface area contributed by atoms with Gasteiger partial charge >= 0.3 is 0 Å². The number of halogens is 1. The van der Waals surface area contributed by atoms with Gasteiger partial charge in [-0.1, -0.05) is 11.6 Å². The van der Waals surface area contributed by atoms with E-state index < -0.39 is 5.91 Å². The maximum atomic E-state index is 12.7. The van der Waals surface area contributed by atoms with Gasteiger partial charge in [0.05, 0.1) is 19.3 Å². The van der Waals surface area contributed by atoms with Crippen molar-refractivity contribution in [2.45, 2.75) is 33.5 Å². The first-order chi connectivity index (χ1) is 16.4. The van der Waals surface area contributed by atoms with Crippen LogP contribution in [0.25, 0.3) is 11.0 Å². The number of nitrogens with two attached hydrogens (primary N) is 1. The van der Waals surface area contributed by atoms with Crippen molar-refractivity contribution in [3.05, 3.63) is 41.1 Å². The Hall–Kier alpha value is -3.44. The monoisotopic (exact) mass is 489 g/mol. The number of fused-ring (bicyclic) bond motifs is 1. The van der Waals surface area contributed by atoms with E-state index in [4.69, 9.17) is 22.1 Å². The summed E-state index contributed by atoms with van der Waals surface area (Å²) >= 11 is 5.86. The molecule has 0 aliphatic carbocycles. The van der Waals surface area contributed by atoms with Gasteiger partial charge in [-0.05, 0) is 33.0 Å². The molecule has 12 heteroatoms. The van der Waals surface area contributed by atoms with Crippen molar-refractivity contribution >= 4 is 40.3 Å². The fourth-order valence-corrected chi connectivity index (χ4v) is 3.81. The Bertz CT molecular complexity index is 1180. The van der Waals surface area contributed by atoms with E-state index in [9.17, 15) is 9.59 Å². The lowest BCUT2D eigenvalue weighted by Gasteiger charge is -2.07. The number of carbonyl (C=O) groups is 2. The molecule has 1 aromatic carbocycles. The predicted molar refractivity (Wildman–Crippen MR) is 129 cm³/mol. The molecular weight excluding hydrogens is 460 g/mol. The van der Waals surface area contributed by atoms with Crippen molar-refractivity contribution < 1.29 is 18.9 Å². The Balaban J connectivity index is 1.80. The standard InChI is InChI=1S/C22H29ClN8O3/c1-4-30-15-7-6-14(34-13-18(32)26-9-8-25-3)10-16(15)31(5-2)19(30)12-28-22(33)20-21(24)27-11-17(23)29-20/h6-7,10-11,25H,4-5,8-9,12-13H2,1-3H3,(H3-,24,26,27,28,32,33)/p+1. The summed E-state index contributed by atoms with van der Waals surface area (Å²) in [5, 5.41) is 8.70. The van der Waals surface area contributed by atoms with E-state index in [1.54, 1.807) is 0 Å². The van der Waals surface area contributed by atoms with Gasteiger partial charge in [0.25, 0.3) is 17.6 Å². The van der Waals surface area contributed by atoms with Crippen molar-refractivity contribution in [2.24, 2.45) is 0 Å². The zero-order valence-electron chi connectivity index (χ0n) is 19.5. The van der Waals surface area contributed by atoms with Gasteiger partial charge in [-0.3, -0.25) is 9.59 Å². The molecule has 0 radical (unpaired) electrons. The number of hydrogen-bond donors (Lipinski definition) is 4. The summed E-state index contributed by atoms with van der Waals surface area (Å²) in [4.78, 5) is 32.5. The van der Waals surface area contributed by atoms with Gasteiger partial charge in [-0.15, -0.1) is 0 Å². The molecule has 2 heterocycles. The number of anilines is 1. The highest BCUT2D eigenvalue weighted by atomic mass is 35.5. The first-order valence-electron chi connectivity index (χ1n) is 11.0. The molecule has 0 unspecified atom stereocenters. The Labute approximate surface area is 202 Å². The third kappa shape index (κ3) is 5.72. The second-order valence-electron chi connectivity index (χ2n) is 7.41. The highest BCUT2D eigenvalue weighted by molar-refractivity contribution is 6.29. The summed E-state index contributed by atoms with van der Waals surface area (Å²) in [6.45, 7) is 6.82. The molecule has 2 aromatic heterocycles. The molecule has 0 bridgehead atoms. The van der Waals surface area contributed by atoms with E-state index >= 15 is 0 Å². The Morgan fingerprint density at radius 2 is 2.03 bits per heavy atom. The van der Waals surface area contributed by atoms with Crippen LogP contribution in [0.2, 0.25) is 5.15 Å². The lowest BCUT2D eigenvalue weighted by atomic mass is 10.3. The normalized spacial score (nSPS) is 10.9. The number of benzene rings is 1. The van der Waals surface area contributed by atoms with Gasteiger partial charge < -0.3 is 26.4 Å². The van der Waals surface area contributed by atoms with E-state index in [-0.39, 0.29) is 35.7 Å². The van der Waals surface area contributed by atoms with Crippen molar-refractivity contribution in [1.29, 1.82) is 0 Å². The molecule has 11 nitrogen and oxygen atoms in total. The number of amides is 2. The maximum absolute atomic E-state index is 12.7. The molecule has 3 rings (SSSR count). The number of aromatic nitrogens is 4. The molecule has 182 valence electrons. The van der Waals surface area contributed by atoms with Crippen molar-refractivity contribution in [3.8, 4) is 5.75 Å². The van der Waals surface area contributed by atoms with E-state index in [2.05, 4.69) is 35.1 Å². The predicted octanol–water partition coefficient (Wildman–Crippen LogP) is 0.639. The largest absolute Gasteiger partial charge is 0.484 e. The number of likely N-dealkylation sites (N-methyl/N-ethyl adjacent to an activating group) is 1. The Morgan fingerprint density at radius 1 is 1.24 bits per heavy atom. The Morgan fingerprint density at radius 3 is 2.74 bits per heavy atom. The number of nitrogens with zero attached hydrogens (tertiary/aromatic N) is 4. The van der Waals surface area contributed by atoms with Crippen LogP contribution in [0.5, 0.6) is 5.75 Å². The maximum Gasteiger partial charge on any atom is 0.277 e. The van der Waals surface area contributed by atoms with Crippen molar-refractivity contribution in [3.63, 3.8) is 0 Å². The number of rotatable bonds is 11. The van der Waals surface area contributed by atoms with Crippen LogP contribution in [0, 0.1) is 0 Å². The molecule has 0 atom stereocenters. The summed E-state index contributed by atoms with van der Waals surface area (Å²) in [6.07, 6.45) is 1.29. The highest BCUT2D eigenvalue weighted by Gasteiger charge is 2.25. The van der Waals surface area contributed by atoms with Gasteiger partial charge in [-0.2, -0.15) is 0 Å². The Kier molecular flexibility index (Phi) is 8.61. The summed E-state index contributed by atoms with van der Waals surface area (Å²) in [5.41, 5.74) is 7.69. The second kappa shape index (κ2) is 11.6. The molecule has 0 aliphatic heterocycles. The number of nitrogens with one attached hydrogen (secondary N) is 3. The lowest BCUT2D eigenvalue weighted by Crippen LogP contribution is -2.40. The molecule has 2 amide bonds. The van der Waals surface area contributed by atoms with Crippen LogP contribution in [0.4, 0.5) is 5.82 Å². The summed E-state index contributed by atoms with van der Waals surface area (Å²) < 4.78 is 9.90. The topological polar surface area (TPSA) is 140 Å². The molecule has 0 saturated heterocycles. The number of nitrogen functional groups attached to an aromatic ring is 1. The van der Waals surface area contributed by atoms with E-state index in [0.717, 1.165) is 16.9 Å². The molecule has 0 saturated carbocycles. The average molecular weight is 490 g/mol. The molecular formula is C22H30ClN8O3+. The van der Waals surface area contributed by atoms with Crippen molar-refractivity contribution in [2.75, 3.05) is 32.5 Å². The van der Waals surface area contributed by atoms with Crippen LogP contribution in [0.3, 0.4) is 0 Å². The number of imidazole rings is 1. The zero-order chi connectivity index (χ0) is 24.7. The lowest BCUT2D eigenvalue weighted by molar-refractivity contribution is -0.676. The van der Waals surface area contributed by atoms with Crippen LogP contribution >= 0.6 is 11.6 Å². The van der Waals surface area contributed by atoms with Crippen molar-refractivity contribution in [1.82, 2.24) is 30.5 Å². The van der Waals surface area contributed by atoms with Gasteiger partial charge in [0.2, 0.25) is 0 Å². The highest BCUT2D eigenvalue weighted by Crippen LogP contribution is 2.22. The van der Waals surface area contributed by atoms with Crippen LogP contribution in [-0.4, -0.2) is 53.1 Å². The van der Waals surface area contributed by atoms with Crippen LogP contribution in [0.15, 0.2) is 24.4 Å². The molecule has 0 aliphatic rings. The molecule has 5 N–H and O–H groups in total. The van der Waals surface area contributed by atoms with Gasteiger partial charge in [0, 0.05) is 19.2 Å². The van der Waals surface area contributed by atoms with E-state index in [0.29, 0.717) is 31.9 Å². The van der Waals surface area contributed by atoms with Gasteiger partial charge in [0.1, 0.15) is 17.4 Å². The number of ether oxygens (including phenoxy) is 1. The average Bonchev–Trinajstić information content (AvgIpc) is 3.14. The molecule has 0 spiro atoms. The fraction of sp³-hybridized carbons (Fsp3) is 0.409. The number of aryl methyl sites for hydroxylation is 2. The molecule has 34 heavy (non-hydrogen) atoms. The van der Waals surface area contributed by atoms with Crippen LogP contribution < -0.4 is 31.0 Å². The zero-order valence-corrected chi connectivity index (χ0v) is 20.3. The quantitative estimate of drug-likeness (QED) is 0.229. The first kappa shape index (κ1) is 25.2. The number of hydrogen-bond acceptors (Lipinski definition) is 7. The third-order valence-corrected chi connectivity index (χ3v) is 5.43. The molecule has 0 fully saturated rings. The van der Waals surface area contributed by atoms with E-state index in [1.807, 2.05) is 39.1 Å². The van der Waals surface area contributed by atoms with Crippen LogP contribution in [0.1, 0.15) is 30.2 Å². The smallest absolute Gasteiger partial charge is 0.277 e.